The minimum atomic E-state index is -0.513. The molecule has 0 aliphatic carbocycles. The summed E-state index contributed by atoms with van der Waals surface area (Å²) in [6.45, 7) is 4.44. The van der Waals surface area contributed by atoms with Crippen LogP contribution < -0.4 is 0 Å². The molecule has 1 saturated heterocycles. The van der Waals surface area contributed by atoms with Crippen molar-refractivity contribution in [1.82, 2.24) is 0 Å². The maximum atomic E-state index is 9.65. The predicted octanol–water partition coefficient (Wildman–Crippen LogP) is 0.561. The van der Waals surface area contributed by atoms with Crippen molar-refractivity contribution in [3.05, 3.63) is 0 Å². The molecular weight excluding hydrogens is 144 g/mol. The number of aliphatic hydroxyl groups is 1. The summed E-state index contributed by atoms with van der Waals surface area (Å²) in [5, 5.41) is 9.65. The monoisotopic (exact) mass is 160 g/mol. The van der Waals surface area contributed by atoms with Crippen LogP contribution in [0.25, 0.3) is 0 Å². The van der Waals surface area contributed by atoms with Crippen molar-refractivity contribution in [1.29, 1.82) is 0 Å². The number of hydrogen-bond donors (Lipinski definition) is 1. The van der Waals surface area contributed by atoms with E-state index in [9.17, 15) is 5.11 Å². The van der Waals surface area contributed by atoms with Gasteiger partial charge in [-0.1, -0.05) is 0 Å². The van der Waals surface area contributed by atoms with E-state index in [0.29, 0.717) is 6.61 Å². The molecule has 66 valence electrons. The molecule has 1 N–H and O–H groups in total. The average Bonchev–Trinajstić information content (AvgIpc) is 2.00. The molecule has 0 radical (unpaired) electrons. The summed E-state index contributed by atoms with van der Waals surface area (Å²) in [6, 6.07) is 0. The van der Waals surface area contributed by atoms with Gasteiger partial charge < -0.3 is 14.6 Å². The van der Waals surface area contributed by atoms with Gasteiger partial charge in [0.15, 0.2) is 0 Å². The Morgan fingerprint density at radius 3 is 2.73 bits per heavy atom. The van der Waals surface area contributed by atoms with Crippen molar-refractivity contribution in [2.45, 2.75) is 38.1 Å². The van der Waals surface area contributed by atoms with Crippen LogP contribution in [0.1, 0.15) is 20.3 Å². The molecule has 0 amide bonds. The van der Waals surface area contributed by atoms with Crippen LogP contribution in [0.5, 0.6) is 0 Å². The molecule has 0 aromatic heterocycles. The lowest BCUT2D eigenvalue weighted by molar-refractivity contribution is -0.188. The Morgan fingerprint density at radius 2 is 2.27 bits per heavy atom. The summed E-state index contributed by atoms with van der Waals surface area (Å²) in [5.41, 5.74) is -0.419. The molecule has 2 unspecified atom stereocenters. The van der Waals surface area contributed by atoms with E-state index in [1.807, 2.05) is 13.8 Å². The van der Waals surface area contributed by atoms with E-state index in [1.165, 1.54) is 0 Å². The maximum Gasteiger partial charge on any atom is 0.109 e. The first-order chi connectivity index (χ1) is 5.10. The highest BCUT2D eigenvalue weighted by Gasteiger charge is 2.40. The summed E-state index contributed by atoms with van der Waals surface area (Å²) in [6.07, 6.45) is 0.129. The van der Waals surface area contributed by atoms with Crippen molar-refractivity contribution in [2.75, 3.05) is 13.7 Å². The van der Waals surface area contributed by atoms with Crippen LogP contribution in [0.3, 0.4) is 0 Å². The van der Waals surface area contributed by atoms with Gasteiger partial charge in [-0.3, -0.25) is 0 Å². The summed E-state index contributed by atoms with van der Waals surface area (Å²) in [4.78, 5) is 0. The second-order valence-corrected chi connectivity index (χ2v) is 3.29. The fourth-order valence-corrected chi connectivity index (χ4v) is 1.41. The van der Waals surface area contributed by atoms with Gasteiger partial charge in [0.25, 0.3) is 0 Å². The van der Waals surface area contributed by atoms with Gasteiger partial charge in [0.1, 0.15) is 6.10 Å². The van der Waals surface area contributed by atoms with E-state index in [-0.39, 0.29) is 6.10 Å². The molecule has 1 aliphatic heterocycles. The Kier molecular flexibility index (Phi) is 2.52. The molecule has 1 fully saturated rings. The molecular formula is C8H16O3. The lowest BCUT2D eigenvalue weighted by Crippen LogP contribution is -2.52. The third-order valence-electron chi connectivity index (χ3n) is 2.52. The number of ether oxygens (including phenoxy) is 2. The van der Waals surface area contributed by atoms with E-state index in [4.69, 9.17) is 9.47 Å². The molecule has 11 heavy (non-hydrogen) atoms. The van der Waals surface area contributed by atoms with Crippen LogP contribution in [-0.2, 0) is 9.47 Å². The Balaban J connectivity index is 2.64. The van der Waals surface area contributed by atoms with Gasteiger partial charge in [-0.25, -0.2) is 0 Å². The van der Waals surface area contributed by atoms with Crippen molar-refractivity contribution in [3.63, 3.8) is 0 Å². The van der Waals surface area contributed by atoms with Gasteiger partial charge in [0.2, 0.25) is 0 Å². The molecule has 1 rings (SSSR count). The topological polar surface area (TPSA) is 38.7 Å². The van der Waals surface area contributed by atoms with Crippen LogP contribution in [0.15, 0.2) is 0 Å². The van der Waals surface area contributed by atoms with Gasteiger partial charge in [-0.05, 0) is 13.8 Å². The molecule has 0 bridgehead atoms. The minimum Gasteiger partial charge on any atom is -0.387 e. The molecule has 0 spiro atoms. The van der Waals surface area contributed by atoms with Gasteiger partial charge in [0.05, 0.1) is 11.7 Å². The highest BCUT2D eigenvalue weighted by Crippen LogP contribution is 2.27. The summed E-state index contributed by atoms with van der Waals surface area (Å²) in [7, 11) is 1.63. The van der Waals surface area contributed by atoms with E-state index in [1.54, 1.807) is 7.11 Å². The smallest absolute Gasteiger partial charge is 0.109 e. The first kappa shape index (κ1) is 8.97. The fraction of sp³-hybridized carbons (Fsp3) is 1.00. The van der Waals surface area contributed by atoms with E-state index < -0.39 is 11.7 Å². The zero-order chi connectivity index (χ0) is 8.48. The average molecular weight is 160 g/mol. The van der Waals surface area contributed by atoms with Crippen molar-refractivity contribution in [2.24, 2.45) is 0 Å². The molecule has 1 aliphatic rings. The Labute approximate surface area is 67.3 Å². The highest BCUT2D eigenvalue weighted by molar-refractivity contribution is 4.90. The Hall–Kier alpha value is -0.120. The molecule has 0 saturated carbocycles. The molecule has 1 heterocycles. The molecule has 0 aromatic carbocycles. The normalized spacial score (nSPS) is 45.8. The second kappa shape index (κ2) is 3.09. The quantitative estimate of drug-likeness (QED) is 0.609. The maximum absolute atomic E-state index is 9.65. The Bertz CT molecular complexity index is 137. The highest BCUT2D eigenvalue weighted by atomic mass is 16.5. The first-order valence-electron chi connectivity index (χ1n) is 3.95. The number of hydrogen-bond acceptors (Lipinski definition) is 3. The summed E-state index contributed by atoms with van der Waals surface area (Å²) >= 11 is 0. The van der Waals surface area contributed by atoms with Gasteiger partial charge in [-0.15, -0.1) is 0 Å². The molecule has 0 aromatic rings. The largest absolute Gasteiger partial charge is 0.387 e. The van der Waals surface area contributed by atoms with E-state index in [0.717, 1.165) is 6.42 Å². The van der Waals surface area contributed by atoms with Crippen molar-refractivity contribution < 1.29 is 14.6 Å². The Morgan fingerprint density at radius 1 is 1.64 bits per heavy atom. The zero-order valence-corrected chi connectivity index (χ0v) is 7.33. The molecule has 3 nitrogen and oxygen atoms in total. The van der Waals surface area contributed by atoms with E-state index >= 15 is 0 Å². The van der Waals surface area contributed by atoms with Crippen LogP contribution in [0, 0.1) is 0 Å². The third-order valence-corrected chi connectivity index (χ3v) is 2.52. The standard InChI is InChI=1S/C8H16O3/c1-6-7(9)8(2,10-3)4-5-11-6/h6-7,9H,4-5H2,1-3H3/t6?,7?,8-/m1/s1. The number of rotatable bonds is 1. The predicted molar refractivity (Wildman–Crippen MR) is 41.5 cm³/mol. The minimum absolute atomic E-state index is 0.117. The van der Waals surface area contributed by atoms with Gasteiger partial charge in [0, 0.05) is 20.1 Å². The number of methoxy groups -OCH3 is 1. The summed E-state index contributed by atoms with van der Waals surface area (Å²) in [5.74, 6) is 0. The van der Waals surface area contributed by atoms with Crippen molar-refractivity contribution in [3.8, 4) is 0 Å². The first-order valence-corrected chi connectivity index (χ1v) is 3.95. The lowest BCUT2D eigenvalue weighted by atomic mass is 9.89. The number of aliphatic hydroxyl groups excluding tert-OH is 1. The molecule has 3 atom stereocenters. The van der Waals surface area contributed by atoms with Crippen LogP contribution in [0.2, 0.25) is 0 Å². The molecule has 3 heteroatoms. The third kappa shape index (κ3) is 1.55. The fourth-order valence-electron chi connectivity index (χ4n) is 1.41. The zero-order valence-electron chi connectivity index (χ0n) is 7.33. The van der Waals surface area contributed by atoms with Gasteiger partial charge in [-0.2, -0.15) is 0 Å². The van der Waals surface area contributed by atoms with Crippen LogP contribution in [0.4, 0.5) is 0 Å². The lowest BCUT2D eigenvalue weighted by Gasteiger charge is -2.40. The van der Waals surface area contributed by atoms with Gasteiger partial charge >= 0.3 is 0 Å². The SMILES string of the molecule is CO[C@]1(C)CCOC(C)C1O. The van der Waals surface area contributed by atoms with E-state index in [2.05, 4.69) is 0 Å². The van der Waals surface area contributed by atoms with Crippen molar-refractivity contribution >= 4 is 0 Å². The van der Waals surface area contributed by atoms with Crippen LogP contribution >= 0.6 is 0 Å². The summed E-state index contributed by atoms with van der Waals surface area (Å²) < 4.78 is 10.5. The second-order valence-electron chi connectivity index (χ2n) is 3.29. The van der Waals surface area contributed by atoms with Crippen LogP contribution in [-0.4, -0.2) is 36.6 Å².